The molecule has 0 bridgehead atoms. The Labute approximate surface area is 133 Å². The number of carbonyl (C=O) groups excluding carboxylic acids is 1. The minimum absolute atomic E-state index is 0.0125. The van der Waals surface area contributed by atoms with E-state index in [1.807, 2.05) is 24.3 Å². The molecule has 0 aliphatic heterocycles. The second-order valence-corrected chi connectivity index (χ2v) is 6.51. The largest absolute Gasteiger partial charge is 0.289 e. The minimum atomic E-state index is 0.0125. The number of hydrogen-bond acceptors (Lipinski definition) is 1. The molecule has 2 aromatic rings. The first-order valence-electron chi connectivity index (χ1n) is 6.56. The van der Waals surface area contributed by atoms with E-state index in [0.29, 0.717) is 22.1 Å². The van der Waals surface area contributed by atoms with Gasteiger partial charge in [0.2, 0.25) is 0 Å². The number of rotatable bonds is 4. The lowest BCUT2D eigenvalue weighted by Crippen LogP contribution is -2.02. The molecule has 20 heavy (non-hydrogen) atoms. The first kappa shape index (κ1) is 15.3. The Kier molecular flexibility index (Phi) is 5.00. The van der Waals surface area contributed by atoms with Crippen molar-refractivity contribution in [3.05, 3.63) is 68.7 Å². The van der Waals surface area contributed by atoms with Crippen molar-refractivity contribution in [2.75, 3.05) is 0 Å². The molecule has 0 amide bonds. The molecule has 0 aromatic heterocycles. The van der Waals surface area contributed by atoms with E-state index in [4.69, 9.17) is 11.6 Å². The van der Waals surface area contributed by atoms with Crippen LogP contribution in [0.5, 0.6) is 0 Å². The fourth-order valence-corrected chi connectivity index (χ4v) is 2.56. The summed E-state index contributed by atoms with van der Waals surface area (Å²) in [7, 11) is 0. The monoisotopic (exact) mass is 350 g/mol. The highest BCUT2D eigenvalue weighted by Gasteiger charge is 2.10. The Morgan fingerprint density at radius 1 is 1.10 bits per heavy atom. The molecule has 3 heteroatoms. The topological polar surface area (TPSA) is 17.1 Å². The molecule has 0 saturated carbocycles. The smallest absolute Gasteiger partial charge is 0.193 e. The molecule has 0 N–H and O–H groups in total. The molecule has 0 aliphatic carbocycles. The third-order valence-corrected chi connectivity index (χ3v) is 4.26. The van der Waals surface area contributed by atoms with Crippen molar-refractivity contribution in [3.63, 3.8) is 0 Å². The molecule has 0 unspecified atom stereocenters. The second-order valence-electron chi connectivity index (χ2n) is 5.25. The van der Waals surface area contributed by atoms with Gasteiger partial charge in [0.1, 0.15) is 0 Å². The standard InChI is InChI=1S/C17H16BrClO/c1-11(2)9-12-3-5-13(6-4-12)17(20)14-7-8-16(19)15(18)10-14/h3-8,10-11H,9H2,1-2H3. The van der Waals surface area contributed by atoms with E-state index in [0.717, 1.165) is 10.9 Å². The molecule has 104 valence electrons. The average molecular weight is 352 g/mol. The average Bonchev–Trinajstić information content (AvgIpc) is 2.41. The fraction of sp³-hybridized carbons (Fsp3) is 0.235. The Hall–Kier alpha value is -1.12. The summed E-state index contributed by atoms with van der Waals surface area (Å²) in [6, 6.07) is 13.1. The molecular weight excluding hydrogens is 336 g/mol. The van der Waals surface area contributed by atoms with Gasteiger partial charge in [0, 0.05) is 15.6 Å². The van der Waals surface area contributed by atoms with Crippen LogP contribution in [0.1, 0.15) is 35.3 Å². The summed E-state index contributed by atoms with van der Waals surface area (Å²) < 4.78 is 0.737. The molecule has 0 aliphatic rings. The molecule has 0 radical (unpaired) electrons. The van der Waals surface area contributed by atoms with Crippen LogP contribution >= 0.6 is 27.5 Å². The number of ketones is 1. The maximum Gasteiger partial charge on any atom is 0.193 e. The Morgan fingerprint density at radius 2 is 1.70 bits per heavy atom. The van der Waals surface area contributed by atoms with Gasteiger partial charge in [-0.25, -0.2) is 0 Å². The molecule has 2 aromatic carbocycles. The van der Waals surface area contributed by atoms with Gasteiger partial charge in [-0.15, -0.1) is 0 Å². The highest BCUT2D eigenvalue weighted by atomic mass is 79.9. The van der Waals surface area contributed by atoms with Gasteiger partial charge in [0.25, 0.3) is 0 Å². The SMILES string of the molecule is CC(C)Cc1ccc(C(=O)c2ccc(Cl)c(Br)c2)cc1. The van der Waals surface area contributed by atoms with Crippen molar-refractivity contribution < 1.29 is 4.79 Å². The van der Waals surface area contributed by atoms with E-state index in [1.165, 1.54) is 5.56 Å². The van der Waals surface area contributed by atoms with E-state index in [1.54, 1.807) is 18.2 Å². The maximum absolute atomic E-state index is 12.4. The first-order chi connectivity index (χ1) is 9.47. The van der Waals surface area contributed by atoms with Gasteiger partial charge < -0.3 is 0 Å². The van der Waals surface area contributed by atoms with Gasteiger partial charge in [-0.2, -0.15) is 0 Å². The highest BCUT2D eigenvalue weighted by molar-refractivity contribution is 9.10. The van der Waals surface area contributed by atoms with Crippen LogP contribution in [0.4, 0.5) is 0 Å². The lowest BCUT2D eigenvalue weighted by atomic mass is 9.98. The molecular formula is C17H16BrClO. The normalized spacial score (nSPS) is 10.8. The summed E-state index contributed by atoms with van der Waals surface area (Å²) in [6.45, 7) is 4.37. The summed E-state index contributed by atoms with van der Waals surface area (Å²) in [4.78, 5) is 12.4. The minimum Gasteiger partial charge on any atom is -0.289 e. The highest BCUT2D eigenvalue weighted by Crippen LogP contribution is 2.24. The van der Waals surface area contributed by atoms with Crippen molar-refractivity contribution >= 4 is 33.3 Å². The maximum atomic E-state index is 12.4. The van der Waals surface area contributed by atoms with Crippen molar-refractivity contribution in [2.24, 2.45) is 5.92 Å². The molecule has 0 atom stereocenters. The summed E-state index contributed by atoms with van der Waals surface area (Å²) in [5, 5.41) is 0.605. The Bertz CT molecular complexity index is 617. The zero-order chi connectivity index (χ0) is 14.7. The molecule has 0 heterocycles. The van der Waals surface area contributed by atoms with E-state index in [-0.39, 0.29) is 5.78 Å². The molecule has 0 spiro atoms. The van der Waals surface area contributed by atoms with Crippen LogP contribution in [0.3, 0.4) is 0 Å². The van der Waals surface area contributed by atoms with Gasteiger partial charge in [0.05, 0.1) is 5.02 Å². The van der Waals surface area contributed by atoms with Gasteiger partial charge in [0.15, 0.2) is 5.78 Å². The quantitative estimate of drug-likeness (QED) is 0.662. The third-order valence-electron chi connectivity index (χ3n) is 3.04. The van der Waals surface area contributed by atoms with Crippen molar-refractivity contribution in [1.82, 2.24) is 0 Å². The number of benzene rings is 2. The number of hydrogen-bond donors (Lipinski definition) is 0. The third kappa shape index (κ3) is 3.71. The van der Waals surface area contributed by atoms with Crippen LogP contribution in [0.2, 0.25) is 5.02 Å². The van der Waals surface area contributed by atoms with E-state index < -0.39 is 0 Å². The van der Waals surface area contributed by atoms with Crippen molar-refractivity contribution in [1.29, 1.82) is 0 Å². The van der Waals surface area contributed by atoms with Gasteiger partial charge >= 0.3 is 0 Å². The predicted molar refractivity (Wildman–Crippen MR) is 87.6 cm³/mol. The summed E-state index contributed by atoms with van der Waals surface area (Å²) in [5.41, 5.74) is 2.60. The van der Waals surface area contributed by atoms with Crippen LogP contribution in [0, 0.1) is 5.92 Å². The van der Waals surface area contributed by atoms with Gasteiger partial charge in [-0.1, -0.05) is 49.7 Å². The van der Waals surface area contributed by atoms with Crippen LogP contribution in [0.15, 0.2) is 46.9 Å². The molecule has 1 nitrogen and oxygen atoms in total. The van der Waals surface area contributed by atoms with Crippen LogP contribution in [-0.4, -0.2) is 5.78 Å². The van der Waals surface area contributed by atoms with Crippen molar-refractivity contribution in [3.8, 4) is 0 Å². The van der Waals surface area contributed by atoms with E-state index in [2.05, 4.69) is 29.8 Å². The Morgan fingerprint density at radius 3 is 2.25 bits per heavy atom. The van der Waals surface area contributed by atoms with Crippen molar-refractivity contribution in [2.45, 2.75) is 20.3 Å². The number of halogens is 2. The summed E-state index contributed by atoms with van der Waals surface area (Å²) in [6.07, 6.45) is 1.03. The van der Waals surface area contributed by atoms with Crippen LogP contribution in [-0.2, 0) is 6.42 Å². The molecule has 0 fully saturated rings. The number of carbonyl (C=O) groups is 1. The fourth-order valence-electron chi connectivity index (χ4n) is 2.07. The lowest BCUT2D eigenvalue weighted by Gasteiger charge is -2.07. The lowest BCUT2D eigenvalue weighted by molar-refractivity contribution is 0.103. The zero-order valence-electron chi connectivity index (χ0n) is 11.5. The molecule has 0 saturated heterocycles. The first-order valence-corrected chi connectivity index (χ1v) is 7.73. The Balaban J connectivity index is 2.22. The van der Waals surface area contributed by atoms with Crippen LogP contribution in [0.25, 0.3) is 0 Å². The summed E-state index contributed by atoms with van der Waals surface area (Å²) in [5.74, 6) is 0.627. The van der Waals surface area contributed by atoms with E-state index >= 15 is 0 Å². The summed E-state index contributed by atoms with van der Waals surface area (Å²) >= 11 is 9.28. The molecule has 2 rings (SSSR count). The van der Waals surface area contributed by atoms with Gasteiger partial charge in [-0.05, 0) is 52.0 Å². The predicted octanol–water partition coefficient (Wildman–Crippen LogP) is 5.53. The van der Waals surface area contributed by atoms with Crippen LogP contribution < -0.4 is 0 Å². The van der Waals surface area contributed by atoms with Gasteiger partial charge in [-0.3, -0.25) is 4.79 Å². The van der Waals surface area contributed by atoms with E-state index in [9.17, 15) is 4.79 Å². The zero-order valence-corrected chi connectivity index (χ0v) is 13.8. The second kappa shape index (κ2) is 6.55.